The van der Waals surface area contributed by atoms with Crippen LogP contribution in [0.2, 0.25) is 0 Å². The molecule has 114 valence electrons. The average Bonchev–Trinajstić information content (AvgIpc) is 2.57. The molecule has 4 nitrogen and oxygen atoms in total. The number of hydrogen-bond donors (Lipinski definition) is 2. The molecular weight excluding hydrogens is 288 g/mol. The zero-order valence-electron chi connectivity index (χ0n) is 12.4. The van der Waals surface area contributed by atoms with Gasteiger partial charge in [0.2, 0.25) is 0 Å². The summed E-state index contributed by atoms with van der Waals surface area (Å²) in [7, 11) is 0. The minimum Gasteiger partial charge on any atom is -0.423 e. The second-order valence-corrected chi connectivity index (χ2v) is 5.13. The van der Waals surface area contributed by atoms with Crippen LogP contribution in [0.15, 0.2) is 72.8 Å². The maximum absolute atomic E-state index is 12.5. The third-order valence-electron chi connectivity index (χ3n) is 3.44. The van der Waals surface area contributed by atoms with Gasteiger partial charge in [0.1, 0.15) is 5.75 Å². The van der Waals surface area contributed by atoms with Gasteiger partial charge in [-0.05, 0) is 53.6 Å². The first-order valence-corrected chi connectivity index (χ1v) is 7.16. The van der Waals surface area contributed by atoms with Gasteiger partial charge in [-0.25, -0.2) is 4.79 Å². The normalized spacial score (nSPS) is 10.3. The highest BCUT2D eigenvalue weighted by molar-refractivity contribution is 5.99. The third kappa shape index (κ3) is 3.32. The van der Waals surface area contributed by atoms with Gasteiger partial charge in [-0.2, -0.15) is 0 Å². The van der Waals surface area contributed by atoms with Gasteiger partial charge in [-0.3, -0.25) is 0 Å². The van der Waals surface area contributed by atoms with Crippen LogP contribution in [0, 0.1) is 0 Å². The van der Waals surface area contributed by atoms with E-state index in [9.17, 15) is 4.79 Å². The number of esters is 1. The summed E-state index contributed by atoms with van der Waals surface area (Å²) in [6.45, 7) is 0. The first kappa shape index (κ1) is 14.7. The van der Waals surface area contributed by atoms with Crippen molar-refractivity contribution >= 4 is 17.3 Å². The molecule has 0 aromatic heterocycles. The molecule has 4 N–H and O–H groups in total. The lowest BCUT2D eigenvalue weighted by molar-refractivity contribution is 0.0735. The summed E-state index contributed by atoms with van der Waals surface area (Å²) in [5.74, 6) is 0.00802. The number of carbonyl (C=O) groups is 1. The molecule has 0 atom stereocenters. The van der Waals surface area contributed by atoms with E-state index in [1.54, 1.807) is 42.5 Å². The topological polar surface area (TPSA) is 78.3 Å². The van der Waals surface area contributed by atoms with E-state index in [4.69, 9.17) is 16.2 Å². The van der Waals surface area contributed by atoms with Crippen molar-refractivity contribution in [3.8, 4) is 16.9 Å². The molecule has 0 unspecified atom stereocenters. The highest BCUT2D eigenvalue weighted by Crippen LogP contribution is 2.27. The van der Waals surface area contributed by atoms with Crippen LogP contribution in [0.25, 0.3) is 11.1 Å². The molecule has 23 heavy (non-hydrogen) atoms. The predicted octanol–water partition coefficient (Wildman–Crippen LogP) is 3.74. The Morgan fingerprint density at radius 3 is 2.13 bits per heavy atom. The summed E-state index contributed by atoms with van der Waals surface area (Å²) in [4.78, 5) is 12.5. The zero-order chi connectivity index (χ0) is 16.2. The Balaban J connectivity index is 1.96. The Morgan fingerprint density at radius 2 is 1.43 bits per heavy atom. The Bertz CT molecular complexity index is 828. The lowest BCUT2D eigenvalue weighted by atomic mass is 9.99. The van der Waals surface area contributed by atoms with Gasteiger partial charge in [0, 0.05) is 11.4 Å². The number of carbonyl (C=O) groups excluding carboxylic acids is 1. The summed E-state index contributed by atoms with van der Waals surface area (Å²) in [5, 5.41) is 0. The summed E-state index contributed by atoms with van der Waals surface area (Å²) in [6, 6.07) is 21.4. The molecule has 0 radical (unpaired) electrons. The van der Waals surface area contributed by atoms with E-state index in [-0.39, 0.29) is 0 Å². The summed E-state index contributed by atoms with van der Waals surface area (Å²) in [6.07, 6.45) is 0. The van der Waals surface area contributed by atoms with Crippen molar-refractivity contribution in [3.63, 3.8) is 0 Å². The molecular formula is C19H16N2O2. The quantitative estimate of drug-likeness (QED) is 0.439. The van der Waals surface area contributed by atoms with E-state index < -0.39 is 5.97 Å². The van der Waals surface area contributed by atoms with E-state index in [0.29, 0.717) is 22.7 Å². The van der Waals surface area contributed by atoms with Gasteiger partial charge in [-0.15, -0.1) is 0 Å². The number of nitrogen functional groups attached to an aromatic ring is 2. The van der Waals surface area contributed by atoms with Crippen molar-refractivity contribution in [2.45, 2.75) is 0 Å². The molecule has 0 saturated heterocycles. The first-order chi connectivity index (χ1) is 11.1. The molecule has 3 aromatic carbocycles. The maximum Gasteiger partial charge on any atom is 0.344 e. The van der Waals surface area contributed by atoms with Crippen LogP contribution in [-0.4, -0.2) is 5.97 Å². The fraction of sp³-hybridized carbons (Fsp3) is 0. The van der Waals surface area contributed by atoms with E-state index in [2.05, 4.69) is 0 Å². The molecule has 0 aliphatic carbocycles. The second kappa shape index (κ2) is 6.23. The van der Waals surface area contributed by atoms with Crippen LogP contribution in [0.5, 0.6) is 5.75 Å². The van der Waals surface area contributed by atoms with Crippen molar-refractivity contribution in [1.82, 2.24) is 0 Å². The summed E-state index contributed by atoms with van der Waals surface area (Å²) >= 11 is 0. The van der Waals surface area contributed by atoms with Gasteiger partial charge in [-0.1, -0.05) is 30.3 Å². The molecule has 0 amide bonds. The van der Waals surface area contributed by atoms with Gasteiger partial charge in [0.05, 0.1) is 5.56 Å². The molecule has 0 spiro atoms. The van der Waals surface area contributed by atoms with Crippen LogP contribution >= 0.6 is 0 Å². The van der Waals surface area contributed by atoms with Gasteiger partial charge >= 0.3 is 5.97 Å². The predicted molar refractivity (Wildman–Crippen MR) is 92.1 cm³/mol. The standard InChI is InChI=1S/C19H16N2O2/c20-14-6-9-16(10-7-14)23-19(22)17-11-8-15(21)12-18(17)13-4-2-1-3-5-13/h1-12H,20-21H2. The Morgan fingerprint density at radius 1 is 0.783 bits per heavy atom. The number of rotatable bonds is 3. The van der Waals surface area contributed by atoms with E-state index >= 15 is 0 Å². The molecule has 0 aliphatic rings. The molecule has 3 aromatic rings. The number of nitrogens with two attached hydrogens (primary N) is 2. The van der Waals surface area contributed by atoms with Crippen molar-refractivity contribution in [2.24, 2.45) is 0 Å². The molecule has 0 saturated carbocycles. The van der Waals surface area contributed by atoms with Crippen molar-refractivity contribution < 1.29 is 9.53 Å². The maximum atomic E-state index is 12.5. The first-order valence-electron chi connectivity index (χ1n) is 7.16. The van der Waals surface area contributed by atoms with Gasteiger partial charge in [0.25, 0.3) is 0 Å². The van der Waals surface area contributed by atoms with Crippen LogP contribution in [0.1, 0.15) is 10.4 Å². The monoisotopic (exact) mass is 304 g/mol. The third-order valence-corrected chi connectivity index (χ3v) is 3.44. The SMILES string of the molecule is Nc1ccc(OC(=O)c2ccc(N)cc2-c2ccccc2)cc1. The van der Waals surface area contributed by atoms with Crippen LogP contribution < -0.4 is 16.2 Å². The Kier molecular flexibility index (Phi) is 3.97. The van der Waals surface area contributed by atoms with Crippen LogP contribution in [0.3, 0.4) is 0 Å². The van der Waals surface area contributed by atoms with Gasteiger partial charge < -0.3 is 16.2 Å². The average molecular weight is 304 g/mol. The van der Waals surface area contributed by atoms with Crippen LogP contribution in [0.4, 0.5) is 11.4 Å². The van der Waals surface area contributed by atoms with Crippen molar-refractivity contribution in [1.29, 1.82) is 0 Å². The van der Waals surface area contributed by atoms with Crippen molar-refractivity contribution in [2.75, 3.05) is 11.5 Å². The lowest BCUT2D eigenvalue weighted by Gasteiger charge is -2.11. The molecule has 0 fully saturated rings. The minimum absolute atomic E-state index is 0.436. The van der Waals surface area contributed by atoms with Gasteiger partial charge in [0.15, 0.2) is 0 Å². The molecule has 4 heteroatoms. The van der Waals surface area contributed by atoms with E-state index in [1.807, 2.05) is 30.3 Å². The second-order valence-electron chi connectivity index (χ2n) is 5.13. The molecule has 3 rings (SSSR count). The highest BCUT2D eigenvalue weighted by atomic mass is 16.5. The largest absolute Gasteiger partial charge is 0.423 e. The Labute approximate surface area is 134 Å². The Hall–Kier alpha value is -3.27. The number of hydrogen-bond acceptors (Lipinski definition) is 4. The fourth-order valence-corrected chi connectivity index (χ4v) is 2.29. The number of anilines is 2. The number of benzene rings is 3. The van der Waals surface area contributed by atoms with E-state index in [0.717, 1.165) is 11.1 Å². The highest BCUT2D eigenvalue weighted by Gasteiger charge is 2.15. The van der Waals surface area contributed by atoms with Crippen molar-refractivity contribution in [3.05, 3.63) is 78.4 Å². The zero-order valence-corrected chi connectivity index (χ0v) is 12.4. The molecule has 0 bridgehead atoms. The van der Waals surface area contributed by atoms with E-state index in [1.165, 1.54) is 0 Å². The van der Waals surface area contributed by atoms with Crippen LogP contribution in [-0.2, 0) is 0 Å². The number of ether oxygens (including phenoxy) is 1. The molecule has 0 aliphatic heterocycles. The smallest absolute Gasteiger partial charge is 0.344 e. The fourth-order valence-electron chi connectivity index (χ4n) is 2.29. The lowest BCUT2D eigenvalue weighted by Crippen LogP contribution is -2.10. The summed E-state index contributed by atoms with van der Waals surface area (Å²) < 4.78 is 5.42. The minimum atomic E-state index is -0.436. The summed E-state index contributed by atoms with van der Waals surface area (Å²) in [5.41, 5.74) is 14.8. The molecule has 0 heterocycles.